The first-order chi connectivity index (χ1) is 15.0. The summed E-state index contributed by atoms with van der Waals surface area (Å²) in [6.45, 7) is 1.99. The minimum atomic E-state index is -0.475. The summed E-state index contributed by atoms with van der Waals surface area (Å²) in [5.74, 6) is 0.393. The van der Waals surface area contributed by atoms with E-state index in [9.17, 15) is 9.59 Å². The number of ether oxygens (including phenoxy) is 3. The minimum absolute atomic E-state index is 0.250. The first kappa shape index (κ1) is 22.1. The smallest absolute Gasteiger partial charge is 0.341 e. The summed E-state index contributed by atoms with van der Waals surface area (Å²) < 4.78 is 15.7. The fraction of sp³-hybridized carbons (Fsp3) is 0.167. The van der Waals surface area contributed by atoms with Gasteiger partial charge in [0.2, 0.25) is 5.91 Å². The number of methoxy groups -OCH3 is 2. The average molecular weight is 438 g/mol. The molecule has 0 atom stereocenters. The highest BCUT2D eigenvalue weighted by atomic mass is 32.1. The summed E-state index contributed by atoms with van der Waals surface area (Å²) in [7, 11) is 3.12. The van der Waals surface area contributed by atoms with Gasteiger partial charge in [0.05, 0.1) is 26.4 Å². The highest BCUT2D eigenvalue weighted by molar-refractivity contribution is 7.20. The lowest BCUT2D eigenvalue weighted by Crippen LogP contribution is -2.11. The molecule has 2 aromatic carbocycles. The van der Waals surface area contributed by atoms with Crippen molar-refractivity contribution in [1.82, 2.24) is 0 Å². The summed E-state index contributed by atoms with van der Waals surface area (Å²) >= 11 is 1.32. The van der Waals surface area contributed by atoms with Gasteiger partial charge in [-0.1, -0.05) is 30.3 Å². The Balaban J connectivity index is 1.84. The molecule has 0 unspecified atom stereocenters. The first-order valence-electron chi connectivity index (χ1n) is 9.63. The van der Waals surface area contributed by atoms with Crippen LogP contribution in [0.15, 0.2) is 60.7 Å². The van der Waals surface area contributed by atoms with Crippen molar-refractivity contribution in [1.29, 1.82) is 0 Å². The van der Waals surface area contributed by atoms with E-state index in [-0.39, 0.29) is 12.5 Å². The van der Waals surface area contributed by atoms with Gasteiger partial charge in [-0.3, -0.25) is 4.79 Å². The van der Waals surface area contributed by atoms with Gasteiger partial charge in [-0.2, -0.15) is 0 Å². The van der Waals surface area contributed by atoms with Gasteiger partial charge in [-0.25, -0.2) is 4.79 Å². The van der Waals surface area contributed by atoms with Crippen molar-refractivity contribution < 1.29 is 23.8 Å². The van der Waals surface area contributed by atoms with E-state index < -0.39 is 5.97 Å². The number of esters is 1. The number of nitrogens with one attached hydrogen (secondary N) is 1. The molecule has 1 amide bonds. The highest BCUT2D eigenvalue weighted by Crippen LogP contribution is 2.36. The Labute approximate surface area is 185 Å². The third-order valence-electron chi connectivity index (χ3n) is 4.38. The fourth-order valence-electron chi connectivity index (χ4n) is 2.86. The number of thiophene rings is 1. The van der Waals surface area contributed by atoms with Gasteiger partial charge in [0.15, 0.2) is 0 Å². The Morgan fingerprint density at radius 2 is 1.81 bits per heavy atom. The second-order valence-corrected chi connectivity index (χ2v) is 7.42. The Kier molecular flexibility index (Phi) is 7.45. The molecule has 0 fully saturated rings. The van der Waals surface area contributed by atoms with Crippen molar-refractivity contribution >= 4 is 34.3 Å². The molecule has 6 nitrogen and oxygen atoms in total. The van der Waals surface area contributed by atoms with E-state index >= 15 is 0 Å². The summed E-state index contributed by atoms with van der Waals surface area (Å²) in [4.78, 5) is 25.8. The Hall–Kier alpha value is -3.58. The van der Waals surface area contributed by atoms with Crippen LogP contribution in [0, 0.1) is 0 Å². The molecule has 31 heavy (non-hydrogen) atoms. The number of amides is 1. The number of anilines is 1. The van der Waals surface area contributed by atoms with Crippen LogP contribution in [-0.2, 0) is 9.53 Å². The average Bonchev–Trinajstić information content (AvgIpc) is 3.22. The summed E-state index contributed by atoms with van der Waals surface area (Å²) in [5.41, 5.74) is 2.01. The number of rotatable bonds is 8. The molecule has 3 aromatic rings. The van der Waals surface area contributed by atoms with Gasteiger partial charge >= 0.3 is 5.97 Å². The predicted molar refractivity (Wildman–Crippen MR) is 123 cm³/mol. The van der Waals surface area contributed by atoms with Crippen LogP contribution in [0.1, 0.15) is 22.8 Å². The van der Waals surface area contributed by atoms with Crippen LogP contribution < -0.4 is 14.8 Å². The van der Waals surface area contributed by atoms with Gasteiger partial charge in [-0.05, 0) is 36.8 Å². The lowest BCUT2D eigenvalue weighted by Gasteiger charge is -2.07. The zero-order valence-electron chi connectivity index (χ0n) is 17.5. The molecule has 7 heteroatoms. The van der Waals surface area contributed by atoms with E-state index in [0.29, 0.717) is 22.1 Å². The Bertz CT molecular complexity index is 1090. The summed E-state index contributed by atoms with van der Waals surface area (Å²) in [5, 5.41) is 3.24. The van der Waals surface area contributed by atoms with E-state index in [2.05, 4.69) is 5.32 Å². The molecule has 0 saturated heterocycles. The van der Waals surface area contributed by atoms with E-state index in [1.54, 1.807) is 51.5 Å². The van der Waals surface area contributed by atoms with Crippen LogP contribution in [0.5, 0.6) is 11.5 Å². The fourth-order valence-corrected chi connectivity index (χ4v) is 3.92. The molecule has 0 spiro atoms. The highest BCUT2D eigenvalue weighted by Gasteiger charge is 2.19. The van der Waals surface area contributed by atoms with Crippen molar-refractivity contribution in [2.75, 3.05) is 26.1 Å². The molecule has 1 aromatic heterocycles. The molecule has 1 heterocycles. The van der Waals surface area contributed by atoms with Crippen LogP contribution in [0.4, 0.5) is 5.00 Å². The number of hydrogen-bond donors (Lipinski definition) is 1. The SMILES string of the molecule is CCOC(=O)c1cc(-c2ccccc2)sc1NC(=O)/C=C/c1ccc(OC)cc1OC. The molecular formula is C24H23NO5S. The zero-order valence-corrected chi connectivity index (χ0v) is 18.3. The number of carbonyl (C=O) groups is 2. The topological polar surface area (TPSA) is 73.9 Å². The zero-order chi connectivity index (χ0) is 22.2. The largest absolute Gasteiger partial charge is 0.497 e. The predicted octanol–water partition coefficient (Wildman–Crippen LogP) is 5.26. The molecule has 0 aliphatic rings. The third-order valence-corrected chi connectivity index (χ3v) is 5.48. The van der Waals surface area contributed by atoms with Crippen LogP contribution in [-0.4, -0.2) is 32.7 Å². The van der Waals surface area contributed by atoms with Crippen LogP contribution in [0.3, 0.4) is 0 Å². The van der Waals surface area contributed by atoms with Crippen molar-refractivity contribution in [2.24, 2.45) is 0 Å². The molecule has 160 valence electrons. The maximum atomic E-state index is 12.6. The lowest BCUT2D eigenvalue weighted by molar-refractivity contribution is -0.111. The van der Waals surface area contributed by atoms with Gasteiger partial charge in [0.25, 0.3) is 0 Å². The van der Waals surface area contributed by atoms with Crippen molar-refractivity contribution in [3.8, 4) is 21.9 Å². The molecule has 0 aliphatic heterocycles. The van der Waals surface area contributed by atoms with Gasteiger partial charge in [-0.15, -0.1) is 11.3 Å². The van der Waals surface area contributed by atoms with Gasteiger partial charge in [0, 0.05) is 22.6 Å². The Morgan fingerprint density at radius 3 is 2.48 bits per heavy atom. The van der Waals surface area contributed by atoms with E-state index in [1.165, 1.54) is 17.4 Å². The first-order valence-corrected chi connectivity index (χ1v) is 10.4. The van der Waals surface area contributed by atoms with Gasteiger partial charge < -0.3 is 19.5 Å². The van der Waals surface area contributed by atoms with Crippen LogP contribution in [0.25, 0.3) is 16.5 Å². The molecule has 3 rings (SSSR count). The molecule has 0 radical (unpaired) electrons. The minimum Gasteiger partial charge on any atom is -0.497 e. The number of hydrogen-bond acceptors (Lipinski definition) is 6. The maximum absolute atomic E-state index is 12.6. The van der Waals surface area contributed by atoms with E-state index in [4.69, 9.17) is 14.2 Å². The van der Waals surface area contributed by atoms with Crippen molar-refractivity contribution in [2.45, 2.75) is 6.92 Å². The normalized spacial score (nSPS) is 10.7. The van der Waals surface area contributed by atoms with E-state index in [0.717, 1.165) is 16.0 Å². The quantitative estimate of drug-likeness (QED) is 0.384. The molecule has 0 aliphatic carbocycles. The monoisotopic (exact) mass is 437 g/mol. The molecular weight excluding hydrogens is 414 g/mol. The van der Waals surface area contributed by atoms with Crippen molar-refractivity contribution in [3.63, 3.8) is 0 Å². The van der Waals surface area contributed by atoms with Crippen LogP contribution >= 0.6 is 11.3 Å². The molecule has 0 saturated carbocycles. The standard InChI is InChI=1S/C24H23NO5S/c1-4-30-24(27)19-15-21(17-8-6-5-7-9-17)31-23(19)25-22(26)13-11-16-10-12-18(28-2)14-20(16)29-3/h5-15H,4H2,1-3H3,(H,25,26)/b13-11+. The van der Waals surface area contributed by atoms with Gasteiger partial charge in [0.1, 0.15) is 16.5 Å². The second-order valence-electron chi connectivity index (χ2n) is 6.37. The molecule has 0 bridgehead atoms. The van der Waals surface area contributed by atoms with Crippen LogP contribution in [0.2, 0.25) is 0 Å². The lowest BCUT2D eigenvalue weighted by atomic mass is 10.1. The number of benzene rings is 2. The third kappa shape index (κ3) is 5.52. The second kappa shape index (κ2) is 10.4. The molecule has 1 N–H and O–H groups in total. The maximum Gasteiger partial charge on any atom is 0.341 e. The number of carbonyl (C=O) groups excluding carboxylic acids is 2. The van der Waals surface area contributed by atoms with Crippen molar-refractivity contribution in [3.05, 3.63) is 71.8 Å². The summed E-state index contributed by atoms with van der Waals surface area (Å²) in [6.07, 6.45) is 3.03. The van der Waals surface area contributed by atoms with E-state index in [1.807, 2.05) is 30.3 Å². The summed E-state index contributed by atoms with van der Waals surface area (Å²) in [6, 6.07) is 16.7. The Morgan fingerprint density at radius 1 is 1.03 bits per heavy atom.